The number of carboxylic acid groups (broad SMARTS) is 1. The number of imidazole rings is 1. The van der Waals surface area contributed by atoms with E-state index in [0.29, 0.717) is 0 Å². The average Bonchev–Trinajstić information content (AvgIpc) is 2.65. The van der Waals surface area contributed by atoms with E-state index in [1.54, 1.807) is 6.20 Å². The Morgan fingerprint density at radius 2 is 2.06 bits per heavy atom. The van der Waals surface area contributed by atoms with Crippen LogP contribution in [0.15, 0.2) is 30.5 Å². The van der Waals surface area contributed by atoms with Crippen LogP contribution in [0.3, 0.4) is 0 Å². The zero-order chi connectivity index (χ0) is 11.5. The average molecular weight is 216 g/mol. The number of H-pyrrole nitrogens is 1. The minimum atomic E-state index is -0.815. The van der Waals surface area contributed by atoms with E-state index in [4.69, 9.17) is 5.11 Å². The van der Waals surface area contributed by atoms with Gasteiger partial charge in [-0.05, 0) is 18.1 Å². The molecule has 0 aliphatic heterocycles. The Kier molecular flexibility index (Phi) is 2.72. The number of aromatic nitrogens is 2. The number of hydrogen-bond donors (Lipinski definition) is 2. The Balaban J connectivity index is 2.22. The zero-order valence-electron chi connectivity index (χ0n) is 8.90. The fourth-order valence-corrected chi connectivity index (χ4v) is 1.54. The normalized spacial score (nSPS) is 10.3. The topological polar surface area (TPSA) is 66.0 Å². The highest BCUT2D eigenvalue weighted by Crippen LogP contribution is 2.17. The summed E-state index contributed by atoms with van der Waals surface area (Å²) in [5.74, 6) is 0.0507. The summed E-state index contributed by atoms with van der Waals surface area (Å²) in [7, 11) is 0. The van der Waals surface area contributed by atoms with Gasteiger partial charge in [-0.2, -0.15) is 0 Å². The highest BCUT2D eigenvalue weighted by atomic mass is 16.4. The quantitative estimate of drug-likeness (QED) is 0.824. The lowest BCUT2D eigenvalue weighted by Crippen LogP contribution is -1.99. The van der Waals surface area contributed by atoms with E-state index in [0.717, 1.165) is 22.6 Å². The second kappa shape index (κ2) is 4.18. The Morgan fingerprint density at radius 1 is 1.38 bits per heavy atom. The third-order valence-electron chi connectivity index (χ3n) is 2.32. The molecule has 0 aliphatic carbocycles. The highest BCUT2D eigenvalue weighted by Gasteiger charge is 2.03. The van der Waals surface area contributed by atoms with Gasteiger partial charge in [-0.1, -0.05) is 24.3 Å². The van der Waals surface area contributed by atoms with Crippen molar-refractivity contribution in [3.8, 4) is 11.3 Å². The van der Waals surface area contributed by atoms with Crippen molar-refractivity contribution in [1.29, 1.82) is 0 Å². The van der Waals surface area contributed by atoms with Gasteiger partial charge in [0, 0.05) is 0 Å². The van der Waals surface area contributed by atoms with Crippen LogP contribution < -0.4 is 0 Å². The predicted octanol–water partition coefficient (Wildman–Crippen LogP) is 2.01. The fourth-order valence-electron chi connectivity index (χ4n) is 1.54. The predicted molar refractivity (Wildman–Crippen MR) is 60.1 cm³/mol. The van der Waals surface area contributed by atoms with E-state index in [2.05, 4.69) is 9.97 Å². The molecule has 0 fully saturated rings. The molecule has 1 aromatic carbocycles. The molecule has 0 saturated heterocycles. The first-order valence-corrected chi connectivity index (χ1v) is 4.98. The van der Waals surface area contributed by atoms with E-state index in [9.17, 15) is 4.79 Å². The molecular formula is C12H12N2O2. The number of carbonyl (C=O) groups is 1. The molecule has 1 heterocycles. The summed E-state index contributed by atoms with van der Waals surface area (Å²) in [5.41, 5.74) is 2.75. The smallest absolute Gasteiger partial charge is 0.307 e. The van der Waals surface area contributed by atoms with Crippen molar-refractivity contribution in [2.24, 2.45) is 0 Å². The molecule has 0 aliphatic rings. The lowest BCUT2D eigenvalue weighted by Gasteiger charge is -2.00. The first-order valence-electron chi connectivity index (χ1n) is 4.98. The molecular weight excluding hydrogens is 204 g/mol. The molecule has 16 heavy (non-hydrogen) atoms. The van der Waals surface area contributed by atoms with Crippen LogP contribution in [-0.2, 0) is 11.2 Å². The van der Waals surface area contributed by atoms with Gasteiger partial charge in [-0.15, -0.1) is 0 Å². The maximum Gasteiger partial charge on any atom is 0.307 e. The molecule has 2 N–H and O–H groups in total. The third-order valence-corrected chi connectivity index (χ3v) is 2.32. The van der Waals surface area contributed by atoms with Gasteiger partial charge in [0.25, 0.3) is 0 Å². The summed E-state index contributed by atoms with van der Waals surface area (Å²) in [4.78, 5) is 17.8. The van der Waals surface area contributed by atoms with E-state index in [-0.39, 0.29) is 6.42 Å². The third kappa shape index (κ3) is 2.28. The molecule has 82 valence electrons. The number of nitrogens with one attached hydrogen (secondary N) is 1. The molecule has 1 aromatic heterocycles. The number of benzene rings is 1. The lowest BCUT2D eigenvalue weighted by molar-refractivity contribution is -0.136. The molecule has 0 bridgehead atoms. The molecule has 0 atom stereocenters. The van der Waals surface area contributed by atoms with Crippen LogP contribution in [0.5, 0.6) is 0 Å². The van der Waals surface area contributed by atoms with Gasteiger partial charge in [0.15, 0.2) is 0 Å². The number of aryl methyl sites for hydroxylation is 1. The summed E-state index contributed by atoms with van der Waals surface area (Å²) >= 11 is 0. The minimum absolute atomic E-state index is 0.0578. The summed E-state index contributed by atoms with van der Waals surface area (Å²) in [6.07, 6.45) is 1.82. The van der Waals surface area contributed by atoms with Crippen molar-refractivity contribution < 1.29 is 9.90 Å². The van der Waals surface area contributed by atoms with Crippen LogP contribution in [0.4, 0.5) is 0 Å². The van der Waals surface area contributed by atoms with Gasteiger partial charge < -0.3 is 10.1 Å². The largest absolute Gasteiger partial charge is 0.481 e. The first kappa shape index (κ1) is 10.4. The Bertz CT molecular complexity index is 500. The molecule has 0 saturated carbocycles. The molecule has 4 heteroatoms. The molecule has 0 radical (unpaired) electrons. The number of aromatic amines is 1. The SMILES string of the molecule is Cc1ncc(-c2ccc(CC(=O)O)cc2)[nH]1. The van der Waals surface area contributed by atoms with Crippen LogP contribution >= 0.6 is 0 Å². The van der Waals surface area contributed by atoms with Crippen LogP contribution in [0, 0.1) is 6.92 Å². The zero-order valence-corrected chi connectivity index (χ0v) is 8.90. The molecule has 4 nitrogen and oxygen atoms in total. The van der Waals surface area contributed by atoms with Crippen LogP contribution in [0.25, 0.3) is 11.3 Å². The minimum Gasteiger partial charge on any atom is -0.481 e. The van der Waals surface area contributed by atoms with Crippen molar-refractivity contribution in [1.82, 2.24) is 9.97 Å². The van der Waals surface area contributed by atoms with Crippen molar-refractivity contribution in [2.45, 2.75) is 13.3 Å². The summed E-state index contributed by atoms with van der Waals surface area (Å²) < 4.78 is 0. The van der Waals surface area contributed by atoms with Gasteiger partial charge in [0.1, 0.15) is 5.82 Å². The Hall–Kier alpha value is -2.10. The second-order valence-corrected chi connectivity index (χ2v) is 3.65. The summed E-state index contributed by atoms with van der Waals surface area (Å²) in [6.45, 7) is 1.89. The summed E-state index contributed by atoms with van der Waals surface area (Å²) in [5, 5.41) is 8.64. The van der Waals surface area contributed by atoms with Crippen LogP contribution in [0.2, 0.25) is 0 Å². The van der Waals surface area contributed by atoms with E-state index < -0.39 is 5.97 Å². The van der Waals surface area contributed by atoms with Gasteiger partial charge in [-0.3, -0.25) is 4.79 Å². The van der Waals surface area contributed by atoms with E-state index >= 15 is 0 Å². The fraction of sp³-hybridized carbons (Fsp3) is 0.167. The Labute approximate surface area is 93.0 Å². The number of hydrogen-bond acceptors (Lipinski definition) is 2. The van der Waals surface area contributed by atoms with Crippen molar-refractivity contribution in [3.63, 3.8) is 0 Å². The molecule has 0 amide bonds. The van der Waals surface area contributed by atoms with Gasteiger partial charge in [0.05, 0.1) is 18.3 Å². The number of carboxylic acids is 1. The van der Waals surface area contributed by atoms with Gasteiger partial charge in [-0.25, -0.2) is 4.98 Å². The standard InChI is InChI=1S/C12H12N2O2/c1-8-13-7-11(14-8)10-4-2-9(3-5-10)6-12(15)16/h2-5,7H,6H2,1H3,(H,13,14)(H,15,16). The first-order chi connectivity index (χ1) is 7.65. The van der Waals surface area contributed by atoms with Gasteiger partial charge in [0.2, 0.25) is 0 Å². The molecule has 2 aromatic rings. The number of aliphatic carboxylic acids is 1. The van der Waals surface area contributed by atoms with Crippen molar-refractivity contribution in [3.05, 3.63) is 41.9 Å². The summed E-state index contributed by atoms with van der Waals surface area (Å²) in [6, 6.07) is 7.43. The highest BCUT2D eigenvalue weighted by molar-refractivity contribution is 5.70. The number of nitrogens with zero attached hydrogens (tertiary/aromatic N) is 1. The monoisotopic (exact) mass is 216 g/mol. The Morgan fingerprint density at radius 3 is 2.56 bits per heavy atom. The van der Waals surface area contributed by atoms with Crippen molar-refractivity contribution >= 4 is 5.97 Å². The molecule has 0 spiro atoms. The maximum absolute atomic E-state index is 10.5. The molecule has 2 rings (SSSR count). The van der Waals surface area contributed by atoms with E-state index in [1.165, 1.54) is 0 Å². The van der Waals surface area contributed by atoms with Crippen LogP contribution in [0.1, 0.15) is 11.4 Å². The molecule has 0 unspecified atom stereocenters. The van der Waals surface area contributed by atoms with E-state index in [1.807, 2.05) is 31.2 Å². The van der Waals surface area contributed by atoms with Crippen molar-refractivity contribution in [2.75, 3.05) is 0 Å². The van der Waals surface area contributed by atoms with Gasteiger partial charge >= 0.3 is 5.97 Å². The van der Waals surface area contributed by atoms with Crippen LogP contribution in [-0.4, -0.2) is 21.0 Å². The number of rotatable bonds is 3. The lowest BCUT2D eigenvalue weighted by atomic mass is 10.1. The maximum atomic E-state index is 10.5. The second-order valence-electron chi connectivity index (χ2n) is 3.65.